The van der Waals surface area contributed by atoms with Gasteiger partial charge in [0, 0.05) is 70.2 Å². The van der Waals surface area contributed by atoms with Crippen LogP contribution in [0.15, 0.2) is 121 Å². The molecule has 0 amide bonds. The van der Waals surface area contributed by atoms with Crippen LogP contribution in [0.1, 0.15) is 134 Å². The van der Waals surface area contributed by atoms with Crippen molar-refractivity contribution in [3.05, 3.63) is 171 Å². The number of nitrogens with one attached hydrogen (secondary N) is 1. The molecule has 7 unspecified atom stereocenters. The number of aliphatic hydroxyl groups is 1. The third kappa shape index (κ3) is 9.51. The molecule has 0 radical (unpaired) electrons. The summed E-state index contributed by atoms with van der Waals surface area (Å²) in [5.41, 5.74) is 18.6. The van der Waals surface area contributed by atoms with Crippen LogP contribution in [0.4, 0.5) is 0 Å². The van der Waals surface area contributed by atoms with Crippen molar-refractivity contribution >= 4 is 16.6 Å². The van der Waals surface area contributed by atoms with E-state index in [1.54, 1.807) is 24.3 Å². The molecule has 1 saturated heterocycles. The number of aliphatic hydroxyl groups excluding tert-OH is 1. The molecule has 77 heavy (non-hydrogen) atoms. The number of phenols is 3. The lowest BCUT2D eigenvalue weighted by Crippen LogP contribution is -2.59. The lowest BCUT2D eigenvalue weighted by atomic mass is 9.51. The molecule has 6 heterocycles. The SMILES string of the molecule is NC1C=C2C#CC(CCc3ccc(O)c(Cc4cccc(O)c4)c3)CCCC3CC(O)C4CCc5c(ccc(O)c5OCc5cc(C67CCOC8(CCCCC8)C6CCc6ccccc67)cc6cn(cc56)C(=C2CO3)N1)C4. The van der Waals surface area contributed by atoms with Crippen molar-refractivity contribution in [1.82, 2.24) is 9.88 Å². The molecule has 8 aliphatic rings. The van der Waals surface area contributed by atoms with Crippen molar-refractivity contribution in [1.29, 1.82) is 0 Å². The molecule has 398 valence electrons. The van der Waals surface area contributed by atoms with Gasteiger partial charge in [-0.15, -0.1) is 0 Å². The number of rotatable bonds is 6. The Morgan fingerprint density at radius 1 is 0.779 bits per heavy atom. The molecule has 5 aromatic carbocycles. The zero-order chi connectivity index (χ0) is 52.3. The van der Waals surface area contributed by atoms with Crippen LogP contribution in [0.2, 0.25) is 0 Å². The first-order chi connectivity index (χ1) is 37.6. The standard InChI is InChI=1S/C67H73N3O7/c68-63-36-47-18-16-42(14-15-43-17-23-59(72)49(30-43)31-44-9-6-11-53(71)32-44)8-7-12-54-37-61(74)48-19-22-55-46(33-48)20-24-60(73)64(55)76-40-51-35-52(34-50-38-70(39-56(50)51)65(69-63)57(47)41-75-54)67-28-29-77-66(26-4-1-5-27-66)62(67)25-21-45-10-2-3-13-58(45)67/h2-3,6,9-11,13,17,20,23-24,30,32,34-36,38-39,42,48,54,61-63,69,71-74H,1,4-5,7-8,12,14-15,19,21-22,25-29,31,33,37,40-41,68H2. The molecule has 14 rings (SSSR count). The second kappa shape index (κ2) is 20.7. The Balaban J connectivity index is 0.925. The number of fused-ring (bicyclic) bond motifs is 7. The van der Waals surface area contributed by atoms with Gasteiger partial charge in [0.1, 0.15) is 23.9 Å². The minimum absolute atomic E-state index is 0.0316. The number of dihydropyridines is 1. The van der Waals surface area contributed by atoms with Crippen LogP contribution in [0.5, 0.6) is 23.0 Å². The van der Waals surface area contributed by atoms with Crippen molar-refractivity contribution in [3.63, 3.8) is 0 Å². The van der Waals surface area contributed by atoms with Crippen molar-refractivity contribution in [2.45, 2.75) is 152 Å². The van der Waals surface area contributed by atoms with Gasteiger partial charge in [-0.25, -0.2) is 0 Å². The number of aryl methyl sites for hydroxylation is 2. The highest BCUT2D eigenvalue weighted by atomic mass is 16.5. The second-order valence-electron chi connectivity index (χ2n) is 23.6. The number of phenolic OH excluding ortho intramolecular Hbond substituents is 3. The van der Waals surface area contributed by atoms with Crippen molar-refractivity contribution in [2.75, 3.05) is 13.2 Å². The van der Waals surface area contributed by atoms with Crippen LogP contribution >= 0.6 is 0 Å². The van der Waals surface area contributed by atoms with Gasteiger partial charge in [0.05, 0.1) is 30.6 Å². The maximum Gasteiger partial charge on any atom is 0.164 e. The summed E-state index contributed by atoms with van der Waals surface area (Å²) in [4.78, 5) is 0. The van der Waals surface area contributed by atoms with E-state index in [4.69, 9.17) is 19.9 Å². The van der Waals surface area contributed by atoms with E-state index < -0.39 is 12.3 Å². The third-order valence-electron chi connectivity index (χ3n) is 19.1. The molecule has 8 bridgehead atoms. The molecule has 2 fully saturated rings. The zero-order valence-corrected chi connectivity index (χ0v) is 44.2. The van der Waals surface area contributed by atoms with Gasteiger partial charge in [-0.3, -0.25) is 0 Å². The fraction of sp³-hybridized carbons (Fsp3) is 0.433. The molecule has 3 aliphatic carbocycles. The first-order valence-corrected chi connectivity index (χ1v) is 28.8. The van der Waals surface area contributed by atoms with E-state index in [1.807, 2.05) is 30.3 Å². The lowest BCUT2D eigenvalue weighted by Gasteiger charge is -2.59. The van der Waals surface area contributed by atoms with E-state index in [9.17, 15) is 20.4 Å². The van der Waals surface area contributed by atoms with Crippen LogP contribution in [-0.2, 0) is 53.6 Å². The number of nitrogens with zero attached hydrogens (tertiary/aromatic N) is 1. The molecule has 1 aromatic heterocycles. The third-order valence-corrected chi connectivity index (χ3v) is 19.1. The van der Waals surface area contributed by atoms with Crippen LogP contribution in [0.3, 0.4) is 0 Å². The first-order valence-electron chi connectivity index (χ1n) is 28.8. The van der Waals surface area contributed by atoms with Gasteiger partial charge in [-0.2, -0.15) is 0 Å². The molecule has 1 spiro atoms. The minimum Gasteiger partial charge on any atom is -0.508 e. The predicted octanol–water partition coefficient (Wildman–Crippen LogP) is 11.6. The normalized spacial score (nSPS) is 26.8. The molecule has 7 N–H and O–H groups in total. The second-order valence-corrected chi connectivity index (χ2v) is 23.6. The minimum atomic E-state index is -0.582. The van der Waals surface area contributed by atoms with E-state index in [0.29, 0.717) is 50.6 Å². The molecular weight excluding hydrogens is 959 g/mol. The summed E-state index contributed by atoms with van der Waals surface area (Å²) in [6, 6.07) is 31.0. The molecule has 5 aliphatic heterocycles. The summed E-state index contributed by atoms with van der Waals surface area (Å²) in [5, 5.41) is 50.6. The summed E-state index contributed by atoms with van der Waals surface area (Å²) in [6.07, 6.45) is 21.4. The number of nitrogens with two attached hydrogens (primary N) is 1. The summed E-state index contributed by atoms with van der Waals surface area (Å²) >= 11 is 0. The van der Waals surface area contributed by atoms with Gasteiger partial charge in [-0.05, 0) is 177 Å². The molecule has 10 nitrogen and oxygen atoms in total. The van der Waals surface area contributed by atoms with Crippen molar-refractivity contribution < 1.29 is 34.6 Å². The highest BCUT2D eigenvalue weighted by Crippen LogP contribution is 2.60. The fourth-order valence-electron chi connectivity index (χ4n) is 15.2. The largest absolute Gasteiger partial charge is 0.508 e. The average molecular weight is 1030 g/mol. The van der Waals surface area contributed by atoms with Crippen molar-refractivity contribution in [2.24, 2.45) is 23.5 Å². The van der Waals surface area contributed by atoms with Gasteiger partial charge < -0.3 is 50.3 Å². The van der Waals surface area contributed by atoms with Crippen LogP contribution in [-0.4, -0.2) is 62.2 Å². The Bertz CT molecular complexity index is 3350. The number of aromatic hydroxyl groups is 3. The Morgan fingerprint density at radius 3 is 2.56 bits per heavy atom. The molecule has 10 heteroatoms. The fourth-order valence-corrected chi connectivity index (χ4v) is 15.2. The van der Waals surface area contributed by atoms with Crippen molar-refractivity contribution in [3.8, 4) is 34.8 Å². The monoisotopic (exact) mass is 1030 g/mol. The van der Waals surface area contributed by atoms with E-state index in [-0.39, 0.29) is 52.8 Å². The molecule has 6 aromatic rings. The number of hydrogen-bond acceptors (Lipinski definition) is 9. The Kier molecular flexibility index (Phi) is 13.5. The molecule has 1 saturated carbocycles. The summed E-state index contributed by atoms with van der Waals surface area (Å²) in [5.74, 6) is 9.83. The van der Waals surface area contributed by atoms with Gasteiger partial charge in [0.25, 0.3) is 0 Å². The molecular formula is C67H73N3O7. The average Bonchev–Trinajstić information content (AvgIpc) is 4.06. The quantitative estimate of drug-likeness (QED) is 0.0896. The maximum atomic E-state index is 12.2. The molecule has 7 atom stereocenters. The first kappa shape index (κ1) is 50.1. The van der Waals surface area contributed by atoms with E-state index >= 15 is 0 Å². The lowest BCUT2D eigenvalue weighted by molar-refractivity contribution is -0.166. The highest BCUT2D eigenvalue weighted by Gasteiger charge is 2.58. The highest BCUT2D eigenvalue weighted by molar-refractivity contribution is 5.89. The maximum absolute atomic E-state index is 12.2. The predicted molar refractivity (Wildman–Crippen MR) is 301 cm³/mol. The number of benzene rings is 5. The van der Waals surface area contributed by atoms with E-state index in [1.165, 1.54) is 36.0 Å². The van der Waals surface area contributed by atoms with Gasteiger partial charge >= 0.3 is 0 Å². The topological polar surface area (TPSA) is 152 Å². The number of hydrogen-bond donors (Lipinski definition) is 6. The van der Waals surface area contributed by atoms with Gasteiger partial charge in [-0.1, -0.05) is 91.8 Å². The number of ether oxygens (including phenoxy) is 3. The van der Waals surface area contributed by atoms with Gasteiger partial charge in [0.2, 0.25) is 0 Å². The smallest absolute Gasteiger partial charge is 0.164 e. The Hall–Kier alpha value is -6.48. The summed E-state index contributed by atoms with van der Waals surface area (Å²) < 4.78 is 23.3. The van der Waals surface area contributed by atoms with E-state index in [2.05, 4.69) is 76.6 Å². The summed E-state index contributed by atoms with van der Waals surface area (Å²) in [7, 11) is 0. The number of aromatic nitrogens is 1. The van der Waals surface area contributed by atoms with Crippen LogP contribution in [0, 0.1) is 29.6 Å². The Morgan fingerprint density at radius 2 is 1.66 bits per heavy atom. The van der Waals surface area contributed by atoms with Crippen LogP contribution in [0.25, 0.3) is 16.6 Å². The zero-order valence-electron chi connectivity index (χ0n) is 44.2. The van der Waals surface area contributed by atoms with Crippen LogP contribution < -0.4 is 15.8 Å². The Labute approximate surface area is 453 Å². The summed E-state index contributed by atoms with van der Waals surface area (Å²) in [6.45, 7) is 1.27. The van der Waals surface area contributed by atoms with Gasteiger partial charge in [0.15, 0.2) is 11.5 Å². The van der Waals surface area contributed by atoms with E-state index in [0.717, 1.165) is 132 Å².